The van der Waals surface area contributed by atoms with Crippen molar-refractivity contribution in [1.29, 1.82) is 0 Å². The van der Waals surface area contributed by atoms with Gasteiger partial charge >= 0.3 is 0 Å². The number of carbonyl (C=O) groups excluding carboxylic acids is 2. The average molecular weight is 545 g/mol. The molecule has 0 radical (unpaired) electrons. The van der Waals surface area contributed by atoms with Crippen LogP contribution in [0.1, 0.15) is 20.8 Å². The van der Waals surface area contributed by atoms with Gasteiger partial charge in [0.05, 0.1) is 11.4 Å². The van der Waals surface area contributed by atoms with Gasteiger partial charge in [-0.2, -0.15) is 16.8 Å². The molecule has 192 valence electrons. The van der Waals surface area contributed by atoms with Crippen LogP contribution in [0.3, 0.4) is 0 Å². The van der Waals surface area contributed by atoms with Gasteiger partial charge in [-0.05, 0) is 36.4 Å². The van der Waals surface area contributed by atoms with Crippen molar-refractivity contribution in [1.82, 2.24) is 4.57 Å². The first-order chi connectivity index (χ1) is 17.3. The van der Waals surface area contributed by atoms with Gasteiger partial charge in [-0.15, -0.1) is 0 Å². The van der Waals surface area contributed by atoms with Crippen LogP contribution >= 0.6 is 0 Å². The Morgan fingerprint density at radius 1 is 0.838 bits per heavy atom. The van der Waals surface area contributed by atoms with Crippen molar-refractivity contribution in [2.24, 2.45) is 7.05 Å². The predicted octanol–water partition coefficient (Wildman–Crippen LogP) is 2.76. The minimum Gasteiger partial charge on any atom is -0.397 e. The molecule has 0 spiro atoms. The molecule has 0 bridgehead atoms. The molecular weight excluding hydrogens is 524 g/mol. The zero-order valence-corrected chi connectivity index (χ0v) is 20.7. The van der Waals surface area contributed by atoms with Gasteiger partial charge < -0.3 is 20.9 Å². The first-order valence-electron chi connectivity index (χ1n) is 10.4. The summed E-state index contributed by atoms with van der Waals surface area (Å²) in [6, 6.07) is 13.0. The molecule has 0 aliphatic heterocycles. The van der Waals surface area contributed by atoms with Crippen LogP contribution < -0.4 is 16.4 Å². The molecule has 14 heteroatoms. The third-order valence-corrected chi connectivity index (χ3v) is 7.27. The second kappa shape index (κ2) is 9.33. The molecule has 4 rings (SSSR count). The highest BCUT2D eigenvalue weighted by Crippen LogP contribution is 2.34. The molecule has 1 heterocycles. The van der Waals surface area contributed by atoms with Gasteiger partial charge in [0, 0.05) is 35.3 Å². The molecule has 37 heavy (non-hydrogen) atoms. The molecule has 0 aliphatic rings. The molecule has 4 aromatic rings. The molecule has 1 aromatic heterocycles. The number of hydrogen-bond donors (Lipinski definition) is 5. The van der Waals surface area contributed by atoms with Crippen LogP contribution in [0.4, 0.5) is 17.1 Å². The van der Waals surface area contributed by atoms with E-state index in [1.807, 2.05) is 0 Å². The third kappa shape index (κ3) is 5.31. The van der Waals surface area contributed by atoms with Crippen molar-refractivity contribution in [3.8, 4) is 0 Å². The minimum absolute atomic E-state index is 0.0391. The van der Waals surface area contributed by atoms with E-state index in [4.69, 9.17) is 5.73 Å². The molecule has 0 saturated carbocycles. The maximum Gasteiger partial charge on any atom is 0.297 e. The van der Waals surface area contributed by atoms with E-state index < -0.39 is 41.8 Å². The molecule has 2 amide bonds. The van der Waals surface area contributed by atoms with E-state index >= 15 is 0 Å². The van der Waals surface area contributed by atoms with Crippen molar-refractivity contribution >= 4 is 59.9 Å². The van der Waals surface area contributed by atoms with Gasteiger partial charge in [0.25, 0.3) is 32.1 Å². The molecule has 3 aromatic carbocycles. The predicted molar refractivity (Wildman–Crippen MR) is 136 cm³/mol. The number of nitrogen functional groups attached to an aromatic ring is 1. The van der Waals surface area contributed by atoms with Gasteiger partial charge in [0.15, 0.2) is 0 Å². The quantitative estimate of drug-likeness (QED) is 0.227. The number of hydrogen-bond acceptors (Lipinski definition) is 7. The van der Waals surface area contributed by atoms with Gasteiger partial charge in [-0.3, -0.25) is 18.7 Å². The number of rotatable bonds is 6. The Kier molecular flexibility index (Phi) is 6.51. The minimum atomic E-state index is -4.97. The Balaban J connectivity index is 1.69. The molecular formula is C23H20N4O8S2. The summed E-state index contributed by atoms with van der Waals surface area (Å²) in [6.07, 6.45) is 1.56. The van der Waals surface area contributed by atoms with E-state index in [1.165, 1.54) is 53.1 Å². The fourth-order valence-corrected chi connectivity index (χ4v) is 5.41. The van der Waals surface area contributed by atoms with E-state index in [2.05, 4.69) is 10.6 Å². The third-order valence-electron chi connectivity index (χ3n) is 5.40. The fourth-order valence-electron chi connectivity index (χ4n) is 3.85. The summed E-state index contributed by atoms with van der Waals surface area (Å²) < 4.78 is 68.7. The summed E-state index contributed by atoms with van der Waals surface area (Å²) in [6.45, 7) is 0. The van der Waals surface area contributed by atoms with Crippen LogP contribution in [0, 0.1) is 0 Å². The van der Waals surface area contributed by atoms with Crippen LogP contribution in [0.2, 0.25) is 0 Å². The van der Waals surface area contributed by atoms with Gasteiger partial charge in [0.2, 0.25) is 0 Å². The summed E-state index contributed by atoms with van der Waals surface area (Å²) in [5, 5.41) is 4.61. The maximum absolute atomic E-state index is 13.0. The molecule has 0 aliphatic carbocycles. The molecule has 0 atom stereocenters. The number of nitrogens with two attached hydrogens (primary N) is 1. The number of aromatic nitrogens is 1. The van der Waals surface area contributed by atoms with Gasteiger partial charge in [0.1, 0.15) is 15.5 Å². The number of amides is 2. The smallest absolute Gasteiger partial charge is 0.297 e. The lowest BCUT2D eigenvalue weighted by atomic mass is 10.1. The van der Waals surface area contributed by atoms with E-state index in [0.29, 0.717) is 5.69 Å². The van der Waals surface area contributed by atoms with E-state index in [9.17, 15) is 35.5 Å². The number of fused-ring (bicyclic) bond motifs is 1. The van der Waals surface area contributed by atoms with Crippen molar-refractivity contribution in [3.05, 3.63) is 78.1 Å². The lowest BCUT2D eigenvalue weighted by Gasteiger charge is -2.14. The molecule has 12 nitrogen and oxygen atoms in total. The topological polar surface area (TPSA) is 198 Å². The second-order valence-electron chi connectivity index (χ2n) is 8.00. The molecule has 0 fully saturated rings. The average Bonchev–Trinajstić information content (AvgIpc) is 3.15. The van der Waals surface area contributed by atoms with Gasteiger partial charge in [-0.25, -0.2) is 0 Å². The number of carbonyl (C=O) groups is 2. The van der Waals surface area contributed by atoms with Crippen molar-refractivity contribution < 1.29 is 35.5 Å². The maximum atomic E-state index is 13.0. The first-order valence-corrected chi connectivity index (χ1v) is 13.3. The standard InChI is InChI=1S/C23H20N4O8S2/c1-27-12-14(24)11-19(27)23(29)25-15-5-2-4-13(10-15)22(28)26-18-9-8-16-17(21(18)37(33,34)35)6-3-7-20(16)36(30,31)32/h2-12H,24H2,1H3,(H,25,29)(H,26,28)(H,30,31,32)(H,33,34,35). The van der Waals surface area contributed by atoms with Crippen molar-refractivity contribution in [2.45, 2.75) is 9.79 Å². The van der Waals surface area contributed by atoms with Gasteiger partial charge in [-0.1, -0.05) is 24.3 Å². The van der Waals surface area contributed by atoms with Crippen molar-refractivity contribution in [2.75, 3.05) is 16.4 Å². The highest BCUT2D eigenvalue weighted by molar-refractivity contribution is 7.86. The highest BCUT2D eigenvalue weighted by atomic mass is 32.2. The Hall–Kier alpha value is -4.24. The number of benzene rings is 3. The Morgan fingerprint density at radius 2 is 1.54 bits per heavy atom. The number of nitrogens with zero attached hydrogens (tertiary/aromatic N) is 1. The number of aryl methyl sites for hydroxylation is 1. The number of nitrogens with one attached hydrogen (secondary N) is 2. The molecule has 0 unspecified atom stereocenters. The Labute approximate surface area is 211 Å². The van der Waals surface area contributed by atoms with Crippen molar-refractivity contribution in [3.63, 3.8) is 0 Å². The normalized spacial score (nSPS) is 11.9. The SMILES string of the molecule is Cn1cc(N)cc1C(=O)Nc1cccc(C(=O)Nc2ccc3c(S(=O)(=O)O)cccc3c2S(=O)(=O)O)c1. The van der Waals surface area contributed by atoms with Crippen LogP contribution in [-0.2, 0) is 27.3 Å². The van der Waals surface area contributed by atoms with Crippen LogP contribution in [0.5, 0.6) is 0 Å². The second-order valence-corrected chi connectivity index (χ2v) is 10.8. The Morgan fingerprint density at radius 3 is 2.16 bits per heavy atom. The van der Waals surface area contributed by atoms with E-state index in [0.717, 1.165) is 12.1 Å². The van der Waals surface area contributed by atoms with E-state index in [1.54, 1.807) is 13.2 Å². The van der Waals surface area contributed by atoms with Crippen LogP contribution in [0.25, 0.3) is 10.8 Å². The number of anilines is 3. The first kappa shape index (κ1) is 25.8. The monoisotopic (exact) mass is 544 g/mol. The highest BCUT2D eigenvalue weighted by Gasteiger charge is 2.24. The fraction of sp³-hybridized carbons (Fsp3) is 0.0435. The molecule has 0 saturated heterocycles. The van der Waals surface area contributed by atoms with E-state index in [-0.39, 0.29) is 33.4 Å². The van der Waals surface area contributed by atoms with Crippen LogP contribution in [0.15, 0.2) is 76.7 Å². The summed E-state index contributed by atoms with van der Waals surface area (Å²) in [5.74, 6) is -1.26. The summed E-state index contributed by atoms with van der Waals surface area (Å²) in [4.78, 5) is 24.2. The summed E-state index contributed by atoms with van der Waals surface area (Å²) in [7, 11) is -8.04. The summed E-state index contributed by atoms with van der Waals surface area (Å²) >= 11 is 0. The molecule has 6 N–H and O–H groups in total. The zero-order valence-electron chi connectivity index (χ0n) is 19.0. The zero-order chi connectivity index (χ0) is 27.1. The summed E-state index contributed by atoms with van der Waals surface area (Å²) in [5.41, 5.74) is 6.35. The largest absolute Gasteiger partial charge is 0.397 e. The lowest BCUT2D eigenvalue weighted by molar-refractivity contribution is 0.101. The van der Waals surface area contributed by atoms with Crippen LogP contribution in [-0.4, -0.2) is 42.3 Å². The Bertz CT molecular complexity index is 1790. The lowest BCUT2D eigenvalue weighted by Crippen LogP contribution is -2.17.